The summed E-state index contributed by atoms with van der Waals surface area (Å²) in [5.41, 5.74) is 13.9. The van der Waals surface area contributed by atoms with Crippen molar-refractivity contribution in [3.05, 3.63) is 95.3 Å². The molecule has 1 aromatic heterocycles. The second-order valence-electron chi connectivity index (χ2n) is 7.38. The lowest BCUT2D eigenvalue weighted by atomic mass is 10.1. The summed E-state index contributed by atoms with van der Waals surface area (Å²) in [6.45, 7) is 5.47. The van der Waals surface area contributed by atoms with E-state index in [1.165, 1.54) is 16.7 Å². The summed E-state index contributed by atoms with van der Waals surface area (Å²) in [6.07, 6.45) is 1.89. The highest BCUT2D eigenvalue weighted by molar-refractivity contribution is 14.0. The first kappa shape index (κ1) is 21.8. The SMILES string of the molecule is Cc1cc(C)cc(NC(N)=NCc2ccc(Cn3cnc4ccccc43)cc2)c1.I. The minimum atomic E-state index is 0. The number of benzene rings is 3. The second kappa shape index (κ2) is 9.75. The van der Waals surface area contributed by atoms with Crippen LogP contribution in [0.2, 0.25) is 0 Å². The van der Waals surface area contributed by atoms with Crippen molar-refractivity contribution in [2.24, 2.45) is 10.7 Å². The highest BCUT2D eigenvalue weighted by Gasteiger charge is 2.03. The molecule has 0 bridgehead atoms. The standard InChI is InChI=1S/C24H25N5.HI/c1-17-11-18(2)13-21(12-17)28-24(25)26-14-19-7-9-20(10-8-19)15-29-16-27-22-5-3-4-6-23(22)29;/h3-13,16H,14-15H2,1-2H3,(H3,25,26,28);1H. The molecule has 4 rings (SSSR count). The molecule has 5 nitrogen and oxygen atoms in total. The number of hydrogen-bond donors (Lipinski definition) is 2. The molecule has 0 aliphatic heterocycles. The van der Waals surface area contributed by atoms with Crippen molar-refractivity contribution in [1.82, 2.24) is 9.55 Å². The molecule has 0 unspecified atom stereocenters. The summed E-state index contributed by atoms with van der Waals surface area (Å²) in [7, 11) is 0. The molecule has 0 amide bonds. The fourth-order valence-electron chi connectivity index (χ4n) is 3.49. The maximum absolute atomic E-state index is 6.06. The van der Waals surface area contributed by atoms with Crippen LogP contribution >= 0.6 is 24.0 Å². The van der Waals surface area contributed by atoms with Crippen LogP contribution in [0.3, 0.4) is 0 Å². The lowest BCUT2D eigenvalue weighted by Gasteiger charge is -2.08. The second-order valence-corrected chi connectivity index (χ2v) is 7.38. The Bertz CT molecular complexity index is 1140. The molecule has 0 aliphatic carbocycles. The predicted molar refractivity (Wildman–Crippen MR) is 136 cm³/mol. The van der Waals surface area contributed by atoms with Crippen LogP contribution in [0.4, 0.5) is 5.69 Å². The molecule has 1 heterocycles. The van der Waals surface area contributed by atoms with E-state index in [-0.39, 0.29) is 24.0 Å². The van der Waals surface area contributed by atoms with Gasteiger partial charge in [-0.1, -0.05) is 42.5 Å². The fourth-order valence-corrected chi connectivity index (χ4v) is 3.49. The number of aryl methyl sites for hydroxylation is 2. The smallest absolute Gasteiger partial charge is 0.193 e. The molecule has 4 aromatic rings. The zero-order valence-corrected chi connectivity index (χ0v) is 19.5. The number of anilines is 1. The molecule has 0 spiro atoms. The number of nitrogens with two attached hydrogens (primary N) is 1. The van der Waals surface area contributed by atoms with E-state index >= 15 is 0 Å². The molecule has 154 valence electrons. The van der Waals surface area contributed by atoms with Crippen LogP contribution in [-0.4, -0.2) is 15.5 Å². The number of fused-ring (bicyclic) bond motifs is 1. The Kier molecular flexibility index (Phi) is 7.10. The molecular formula is C24H26IN5. The lowest BCUT2D eigenvalue weighted by Crippen LogP contribution is -2.22. The van der Waals surface area contributed by atoms with Gasteiger partial charge in [-0.05, 0) is 60.4 Å². The number of hydrogen-bond acceptors (Lipinski definition) is 2. The molecule has 6 heteroatoms. The monoisotopic (exact) mass is 511 g/mol. The van der Waals surface area contributed by atoms with Crippen molar-refractivity contribution in [3.8, 4) is 0 Å². The summed E-state index contributed by atoms with van der Waals surface area (Å²) in [4.78, 5) is 8.91. The number of aromatic nitrogens is 2. The third-order valence-electron chi connectivity index (χ3n) is 4.83. The summed E-state index contributed by atoms with van der Waals surface area (Å²) in [6, 6.07) is 22.9. The van der Waals surface area contributed by atoms with Gasteiger partial charge in [0.05, 0.1) is 23.9 Å². The molecule has 3 N–H and O–H groups in total. The molecular weight excluding hydrogens is 485 g/mol. The van der Waals surface area contributed by atoms with E-state index in [0.29, 0.717) is 12.5 Å². The Hall–Kier alpha value is -2.87. The van der Waals surface area contributed by atoms with Crippen molar-refractivity contribution in [2.75, 3.05) is 5.32 Å². The molecule has 30 heavy (non-hydrogen) atoms. The predicted octanol–water partition coefficient (Wildman–Crippen LogP) is 5.25. The number of nitrogens with one attached hydrogen (secondary N) is 1. The van der Waals surface area contributed by atoms with Crippen molar-refractivity contribution in [3.63, 3.8) is 0 Å². The Morgan fingerprint density at radius 2 is 1.63 bits per heavy atom. The topological polar surface area (TPSA) is 68.2 Å². The molecule has 0 fully saturated rings. The first-order valence-corrected chi connectivity index (χ1v) is 9.70. The van der Waals surface area contributed by atoms with Gasteiger partial charge in [-0.2, -0.15) is 0 Å². The van der Waals surface area contributed by atoms with E-state index in [0.717, 1.165) is 28.8 Å². The van der Waals surface area contributed by atoms with Crippen LogP contribution in [0, 0.1) is 13.8 Å². The number of para-hydroxylation sites is 2. The summed E-state index contributed by atoms with van der Waals surface area (Å²) < 4.78 is 2.16. The molecule has 0 saturated heterocycles. The van der Waals surface area contributed by atoms with Gasteiger partial charge in [-0.25, -0.2) is 9.98 Å². The first-order chi connectivity index (χ1) is 14.1. The van der Waals surface area contributed by atoms with Crippen LogP contribution in [0.1, 0.15) is 22.3 Å². The third kappa shape index (κ3) is 5.38. The Morgan fingerprint density at radius 1 is 0.967 bits per heavy atom. The quantitative estimate of drug-likeness (QED) is 0.219. The first-order valence-electron chi connectivity index (χ1n) is 9.70. The van der Waals surface area contributed by atoms with Gasteiger partial charge in [0.2, 0.25) is 0 Å². The van der Waals surface area contributed by atoms with Crippen LogP contribution in [0.5, 0.6) is 0 Å². The molecule has 0 radical (unpaired) electrons. The van der Waals surface area contributed by atoms with E-state index in [1.807, 2.05) is 24.5 Å². The summed E-state index contributed by atoms with van der Waals surface area (Å²) >= 11 is 0. The highest BCUT2D eigenvalue weighted by Crippen LogP contribution is 2.15. The Labute approximate surface area is 194 Å². The van der Waals surface area contributed by atoms with Gasteiger partial charge in [0.15, 0.2) is 5.96 Å². The molecule has 0 aliphatic rings. The fraction of sp³-hybridized carbons (Fsp3) is 0.167. The molecule has 3 aromatic carbocycles. The van der Waals surface area contributed by atoms with E-state index in [9.17, 15) is 0 Å². The zero-order chi connectivity index (χ0) is 20.2. The number of halogens is 1. The van der Waals surface area contributed by atoms with Crippen molar-refractivity contribution >= 4 is 46.7 Å². The molecule has 0 saturated carbocycles. The number of aliphatic imine (C=N–C) groups is 1. The minimum absolute atomic E-state index is 0. The zero-order valence-electron chi connectivity index (χ0n) is 17.2. The Balaban J connectivity index is 0.00000256. The Morgan fingerprint density at radius 3 is 2.37 bits per heavy atom. The lowest BCUT2D eigenvalue weighted by molar-refractivity contribution is 0.823. The maximum Gasteiger partial charge on any atom is 0.193 e. The largest absolute Gasteiger partial charge is 0.370 e. The normalized spacial score (nSPS) is 11.3. The minimum Gasteiger partial charge on any atom is -0.370 e. The van der Waals surface area contributed by atoms with Crippen LogP contribution < -0.4 is 11.1 Å². The van der Waals surface area contributed by atoms with Gasteiger partial charge in [-0.3, -0.25) is 0 Å². The average molecular weight is 511 g/mol. The van der Waals surface area contributed by atoms with Gasteiger partial charge in [-0.15, -0.1) is 24.0 Å². The summed E-state index contributed by atoms with van der Waals surface area (Å²) in [5.74, 6) is 0.420. The number of rotatable bonds is 5. The van der Waals surface area contributed by atoms with E-state index in [4.69, 9.17) is 5.73 Å². The van der Waals surface area contributed by atoms with E-state index in [1.54, 1.807) is 0 Å². The van der Waals surface area contributed by atoms with Crippen molar-refractivity contribution < 1.29 is 0 Å². The van der Waals surface area contributed by atoms with Crippen molar-refractivity contribution in [2.45, 2.75) is 26.9 Å². The van der Waals surface area contributed by atoms with Gasteiger partial charge in [0.25, 0.3) is 0 Å². The molecule has 0 atom stereocenters. The van der Waals surface area contributed by atoms with Gasteiger partial charge < -0.3 is 15.6 Å². The summed E-state index contributed by atoms with van der Waals surface area (Å²) in [5, 5.41) is 3.17. The van der Waals surface area contributed by atoms with E-state index in [2.05, 4.69) is 82.2 Å². The number of imidazole rings is 1. The van der Waals surface area contributed by atoms with Crippen molar-refractivity contribution in [1.29, 1.82) is 0 Å². The maximum atomic E-state index is 6.06. The third-order valence-corrected chi connectivity index (χ3v) is 4.83. The van der Waals surface area contributed by atoms with Gasteiger partial charge in [0.1, 0.15) is 0 Å². The highest BCUT2D eigenvalue weighted by atomic mass is 127. The average Bonchev–Trinajstić information content (AvgIpc) is 3.10. The number of nitrogens with zero attached hydrogens (tertiary/aromatic N) is 3. The van der Waals surface area contributed by atoms with Crippen LogP contribution in [0.15, 0.2) is 78.0 Å². The number of guanidine groups is 1. The van der Waals surface area contributed by atoms with Crippen LogP contribution in [-0.2, 0) is 13.1 Å². The van der Waals surface area contributed by atoms with Gasteiger partial charge >= 0.3 is 0 Å². The van der Waals surface area contributed by atoms with E-state index < -0.39 is 0 Å². The van der Waals surface area contributed by atoms with Gasteiger partial charge in [0, 0.05) is 12.2 Å². The van der Waals surface area contributed by atoms with Crippen LogP contribution in [0.25, 0.3) is 11.0 Å².